The van der Waals surface area contributed by atoms with Crippen LogP contribution < -0.4 is 20.8 Å². The van der Waals surface area contributed by atoms with E-state index in [1.54, 1.807) is 13.4 Å². The first-order chi connectivity index (χ1) is 12.6. The van der Waals surface area contributed by atoms with Crippen molar-refractivity contribution < 1.29 is 4.74 Å². The number of nitrogens with zero attached hydrogens (tertiary/aromatic N) is 5. The van der Waals surface area contributed by atoms with Gasteiger partial charge in [0.1, 0.15) is 21.8 Å². The van der Waals surface area contributed by atoms with E-state index in [0.29, 0.717) is 17.3 Å². The van der Waals surface area contributed by atoms with Crippen molar-refractivity contribution in [2.45, 2.75) is 6.54 Å². The number of hydrazine groups is 1. The molecule has 0 saturated heterocycles. The summed E-state index contributed by atoms with van der Waals surface area (Å²) in [7, 11) is 5.63. The number of pyridine rings is 1. The molecule has 0 aliphatic carbocycles. The van der Waals surface area contributed by atoms with Gasteiger partial charge in [-0.3, -0.25) is 5.43 Å². The highest BCUT2D eigenvalue weighted by Gasteiger charge is 2.19. The average Bonchev–Trinajstić information content (AvgIpc) is 3.24. The molecule has 0 atom stereocenters. The Morgan fingerprint density at radius 2 is 2.08 bits per heavy atom. The summed E-state index contributed by atoms with van der Waals surface area (Å²) in [6.45, 7) is 0.695. The Balaban J connectivity index is 1.78. The van der Waals surface area contributed by atoms with Gasteiger partial charge in [-0.15, -0.1) is 0 Å². The number of ether oxygens (including phenoxy) is 1. The van der Waals surface area contributed by atoms with E-state index in [1.165, 1.54) is 11.3 Å². The molecule has 0 radical (unpaired) electrons. The lowest BCUT2D eigenvalue weighted by Gasteiger charge is -2.19. The predicted octanol–water partition coefficient (Wildman–Crippen LogP) is 1.43. The number of benzene rings is 1. The molecule has 0 aliphatic rings. The van der Waals surface area contributed by atoms with Crippen LogP contribution in [0.4, 0.5) is 10.9 Å². The molecule has 132 valence electrons. The maximum Gasteiger partial charge on any atom is 0.219 e. The van der Waals surface area contributed by atoms with Crippen molar-refractivity contribution in [3.8, 4) is 5.75 Å². The molecule has 0 saturated carbocycles. The minimum absolute atomic E-state index is 0.630. The summed E-state index contributed by atoms with van der Waals surface area (Å²) in [6, 6.07) is 8.00. The van der Waals surface area contributed by atoms with E-state index < -0.39 is 0 Å². The number of anilines is 2. The summed E-state index contributed by atoms with van der Waals surface area (Å²) in [4.78, 5) is 15.8. The average molecular weight is 367 g/mol. The summed E-state index contributed by atoms with van der Waals surface area (Å²) in [5, 5.41) is 0.630. The Morgan fingerprint density at radius 1 is 1.31 bits per heavy atom. The fraction of sp³-hybridized carbons (Fsp3) is 0.188. The van der Waals surface area contributed by atoms with Crippen LogP contribution >= 0.6 is 11.3 Å². The van der Waals surface area contributed by atoms with E-state index in [0.717, 1.165) is 32.9 Å². The molecule has 0 bridgehead atoms. The van der Waals surface area contributed by atoms with Crippen molar-refractivity contribution >= 4 is 51.6 Å². The topological polar surface area (TPSA) is 94.1 Å². The van der Waals surface area contributed by atoms with Crippen LogP contribution in [0.15, 0.2) is 30.6 Å². The largest absolute Gasteiger partial charge is 0.497 e. The number of hydrogen-bond donors (Lipinski definition) is 2. The molecule has 3 N–H and O–H groups in total. The highest BCUT2D eigenvalue weighted by atomic mass is 32.1. The minimum atomic E-state index is 0.630. The molecule has 0 fully saturated rings. The second kappa shape index (κ2) is 6.47. The Morgan fingerprint density at radius 3 is 2.77 bits per heavy atom. The number of hydrogen-bond acceptors (Lipinski definition) is 8. The molecule has 8 nitrogen and oxygen atoms in total. The molecule has 0 spiro atoms. The quantitative estimate of drug-likeness (QED) is 0.313. The zero-order valence-electron chi connectivity index (χ0n) is 14.7. The van der Waals surface area contributed by atoms with E-state index in [4.69, 9.17) is 15.6 Å². The van der Waals surface area contributed by atoms with Crippen molar-refractivity contribution in [3.63, 3.8) is 0 Å². The van der Waals surface area contributed by atoms with Crippen LogP contribution in [0, 0.1) is 0 Å². The molecular weight excluding hydrogens is 349 g/mol. The fourth-order valence-electron chi connectivity index (χ4n) is 2.96. The van der Waals surface area contributed by atoms with Gasteiger partial charge in [-0.2, -0.15) is 4.98 Å². The number of rotatable bonds is 5. The number of thiazole rings is 1. The summed E-state index contributed by atoms with van der Waals surface area (Å²) in [5.41, 5.74) is 6.28. The molecule has 26 heavy (non-hydrogen) atoms. The van der Waals surface area contributed by atoms with Crippen LogP contribution in [0.3, 0.4) is 0 Å². The van der Waals surface area contributed by atoms with E-state index >= 15 is 0 Å². The van der Waals surface area contributed by atoms with Crippen molar-refractivity contribution in [2.24, 2.45) is 12.9 Å². The second-order valence-electron chi connectivity index (χ2n) is 6.01. The maximum absolute atomic E-state index is 5.52. The summed E-state index contributed by atoms with van der Waals surface area (Å²) in [5.74, 6) is 7.15. The molecule has 0 aliphatic heterocycles. The van der Waals surface area contributed by atoms with Gasteiger partial charge < -0.3 is 14.1 Å². The number of nitrogens with one attached hydrogen (secondary N) is 1. The first-order valence-corrected chi connectivity index (χ1v) is 8.84. The lowest BCUT2D eigenvalue weighted by Crippen LogP contribution is -2.20. The lowest BCUT2D eigenvalue weighted by molar-refractivity contribution is 0.414. The molecule has 0 amide bonds. The van der Waals surface area contributed by atoms with Gasteiger partial charge in [0.05, 0.1) is 19.0 Å². The fourth-order valence-corrected chi connectivity index (χ4v) is 3.87. The standard InChI is InChI=1S/C16H18BN7OS/c1-23-8-19-11-12(23)13-14(21-16(22-18)26-13)20-15(11)24(17)7-9-3-5-10(25-2)6-4-9/h3-6,8H,7,17-18H2,1-2H3,(H,20,21,22). The van der Waals surface area contributed by atoms with Gasteiger partial charge >= 0.3 is 0 Å². The third kappa shape index (κ3) is 2.73. The third-order valence-electron chi connectivity index (χ3n) is 4.25. The first kappa shape index (κ1) is 16.6. The highest BCUT2D eigenvalue weighted by molar-refractivity contribution is 7.23. The SMILES string of the molecule is BN(Cc1ccc(OC)cc1)c1nc2nc(NN)sc2c2c1ncn2C. The van der Waals surface area contributed by atoms with E-state index in [2.05, 4.69) is 20.2 Å². The van der Waals surface area contributed by atoms with Crippen molar-refractivity contribution in [1.29, 1.82) is 0 Å². The van der Waals surface area contributed by atoms with Crippen LogP contribution in [0.2, 0.25) is 0 Å². The van der Waals surface area contributed by atoms with Crippen LogP contribution in [-0.4, -0.2) is 34.6 Å². The minimum Gasteiger partial charge on any atom is -0.497 e. The number of nitrogen functional groups attached to an aromatic ring is 1. The zero-order chi connectivity index (χ0) is 18.3. The second-order valence-corrected chi connectivity index (χ2v) is 7.01. The summed E-state index contributed by atoms with van der Waals surface area (Å²) < 4.78 is 8.17. The summed E-state index contributed by atoms with van der Waals surface area (Å²) >= 11 is 1.47. The van der Waals surface area contributed by atoms with Gasteiger partial charge in [-0.1, -0.05) is 23.5 Å². The molecule has 4 aromatic rings. The zero-order valence-corrected chi connectivity index (χ0v) is 15.5. The Kier molecular flexibility index (Phi) is 4.13. The Hall–Kier alpha value is -2.85. The van der Waals surface area contributed by atoms with Crippen molar-refractivity contribution in [1.82, 2.24) is 19.5 Å². The van der Waals surface area contributed by atoms with Crippen LogP contribution in [0.5, 0.6) is 5.75 Å². The van der Waals surface area contributed by atoms with Gasteiger partial charge in [0.15, 0.2) is 10.8 Å². The molecule has 3 heterocycles. The summed E-state index contributed by atoms with van der Waals surface area (Å²) in [6.07, 6.45) is 1.80. The highest BCUT2D eigenvalue weighted by Crippen LogP contribution is 2.35. The predicted molar refractivity (Wildman–Crippen MR) is 107 cm³/mol. The lowest BCUT2D eigenvalue weighted by atomic mass is 10.1. The van der Waals surface area contributed by atoms with Gasteiger partial charge in [0.2, 0.25) is 7.98 Å². The number of aromatic nitrogens is 4. The van der Waals surface area contributed by atoms with Crippen LogP contribution in [0.25, 0.3) is 21.4 Å². The number of aryl methyl sites for hydroxylation is 1. The monoisotopic (exact) mass is 367 g/mol. The number of fused-ring (bicyclic) bond motifs is 3. The Bertz CT molecular complexity index is 1080. The first-order valence-electron chi connectivity index (χ1n) is 8.03. The van der Waals surface area contributed by atoms with Gasteiger partial charge in [0, 0.05) is 13.6 Å². The van der Waals surface area contributed by atoms with Gasteiger partial charge in [-0.05, 0) is 17.7 Å². The smallest absolute Gasteiger partial charge is 0.219 e. The third-order valence-corrected chi connectivity index (χ3v) is 5.23. The Labute approximate surface area is 155 Å². The molecule has 0 unspecified atom stereocenters. The molecule has 10 heteroatoms. The molecule has 3 aromatic heterocycles. The van der Waals surface area contributed by atoms with Crippen molar-refractivity contribution in [3.05, 3.63) is 36.2 Å². The number of nitrogens with two attached hydrogens (primary N) is 1. The maximum atomic E-state index is 5.52. The van der Waals surface area contributed by atoms with Gasteiger partial charge in [0.25, 0.3) is 0 Å². The van der Waals surface area contributed by atoms with E-state index in [-0.39, 0.29) is 0 Å². The molecule has 4 rings (SSSR count). The normalized spacial score (nSPS) is 11.2. The van der Waals surface area contributed by atoms with Crippen LogP contribution in [0.1, 0.15) is 5.56 Å². The van der Waals surface area contributed by atoms with Crippen molar-refractivity contribution in [2.75, 3.05) is 17.3 Å². The van der Waals surface area contributed by atoms with Gasteiger partial charge in [-0.25, -0.2) is 15.8 Å². The number of methoxy groups -OCH3 is 1. The van der Waals surface area contributed by atoms with Crippen LogP contribution in [-0.2, 0) is 13.6 Å². The number of imidazole rings is 1. The molecule has 1 aromatic carbocycles. The van der Waals surface area contributed by atoms with E-state index in [1.807, 2.05) is 43.9 Å². The molecular formula is C16H18BN7OS. The van der Waals surface area contributed by atoms with E-state index in [9.17, 15) is 0 Å².